The van der Waals surface area contributed by atoms with E-state index in [1.807, 2.05) is 48.5 Å². The third-order valence-electron chi connectivity index (χ3n) is 3.25. The molecule has 0 fully saturated rings. The summed E-state index contributed by atoms with van der Waals surface area (Å²) in [4.78, 5) is 16.7. The van der Waals surface area contributed by atoms with E-state index >= 15 is 0 Å². The zero-order chi connectivity index (χ0) is 15.4. The maximum atomic E-state index is 12.4. The number of hydrogen-bond donors (Lipinski definition) is 1. The van der Waals surface area contributed by atoms with Gasteiger partial charge >= 0.3 is 0 Å². The number of aromatic nitrogens is 2. The molecule has 0 radical (unpaired) electrons. The molecule has 1 amide bonds. The van der Waals surface area contributed by atoms with Crippen molar-refractivity contribution in [1.29, 1.82) is 0 Å². The average Bonchev–Trinajstić information content (AvgIpc) is 3.00. The summed E-state index contributed by atoms with van der Waals surface area (Å²) in [5.41, 5.74) is 1.48. The predicted octanol–water partition coefficient (Wildman–Crippen LogP) is 2.90. The van der Waals surface area contributed by atoms with Crippen molar-refractivity contribution in [2.45, 2.75) is 13.0 Å². The van der Waals surface area contributed by atoms with E-state index in [4.69, 9.17) is 4.52 Å². The molecule has 2 aromatic carbocycles. The maximum Gasteiger partial charge on any atom is 0.252 e. The van der Waals surface area contributed by atoms with Gasteiger partial charge in [-0.3, -0.25) is 4.79 Å². The number of nitrogens with one attached hydrogen (secondary N) is 1. The number of aryl methyl sites for hydroxylation is 1. The molecule has 3 aromatic rings. The van der Waals surface area contributed by atoms with Crippen LogP contribution in [0.15, 0.2) is 65.2 Å². The molecule has 0 saturated heterocycles. The second-order valence-electron chi connectivity index (χ2n) is 4.85. The van der Waals surface area contributed by atoms with Gasteiger partial charge in [0.1, 0.15) is 6.04 Å². The number of benzene rings is 2. The molecule has 0 spiro atoms. The average molecular weight is 293 g/mol. The lowest BCUT2D eigenvalue weighted by molar-refractivity contribution is 0.0941. The van der Waals surface area contributed by atoms with Gasteiger partial charge in [-0.15, -0.1) is 0 Å². The third kappa shape index (κ3) is 3.03. The molecule has 1 atom stereocenters. The van der Waals surface area contributed by atoms with E-state index in [2.05, 4.69) is 15.5 Å². The van der Waals surface area contributed by atoms with Crippen LogP contribution in [0.2, 0.25) is 0 Å². The molecule has 0 bridgehead atoms. The topological polar surface area (TPSA) is 68.0 Å². The number of carbonyl (C=O) groups excluding carboxylic acids is 1. The fourth-order valence-electron chi connectivity index (χ4n) is 2.18. The molecule has 1 heterocycles. The Morgan fingerprint density at radius 1 is 1.05 bits per heavy atom. The summed E-state index contributed by atoms with van der Waals surface area (Å²) in [5, 5.41) is 6.89. The Morgan fingerprint density at radius 3 is 2.27 bits per heavy atom. The number of nitrogens with zero attached hydrogens (tertiary/aromatic N) is 2. The van der Waals surface area contributed by atoms with Crippen LogP contribution in [0.1, 0.15) is 33.7 Å². The highest BCUT2D eigenvalue weighted by atomic mass is 16.5. The van der Waals surface area contributed by atoms with Crippen molar-refractivity contribution in [3.63, 3.8) is 0 Å². The first kappa shape index (κ1) is 14.0. The van der Waals surface area contributed by atoms with Crippen molar-refractivity contribution in [3.8, 4) is 0 Å². The molecule has 0 aliphatic heterocycles. The standard InChI is InChI=1S/C17H15N3O2/c1-12-18-16(20-22-12)15(13-8-4-2-5-9-13)19-17(21)14-10-6-3-7-11-14/h2-11,15H,1H3,(H,19,21). The van der Waals surface area contributed by atoms with Crippen LogP contribution in [0.25, 0.3) is 0 Å². The van der Waals surface area contributed by atoms with Gasteiger partial charge in [-0.25, -0.2) is 0 Å². The van der Waals surface area contributed by atoms with Crippen molar-refractivity contribution in [2.75, 3.05) is 0 Å². The molecule has 1 N–H and O–H groups in total. The Bertz CT molecular complexity index is 754. The number of hydrogen-bond acceptors (Lipinski definition) is 4. The second kappa shape index (κ2) is 6.22. The van der Waals surface area contributed by atoms with Gasteiger partial charge in [0, 0.05) is 12.5 Å². The summed E-state index contributed by atoms with van der Waals surface area (Å²) in [7, 11) is 0. The molecule has 110 valence electrons. The summed E-state index contributed by atoms with van der Waals surface area (Å²) in [6.07, 6.45) is 0. The smallest absolute Gasteiger partial charge is 0.252 e. The quantitative estimate of drug-likeness (QED) is 0.803. The lowest BCUT2D eigenvalue weighted by Crippen LogP contribution is -2.30. The Kier molecular flexibility index (Phi) is 3.96. The number of amides is 1. The monoisotopic (exact) mass is 293 g/mol. The van der Waals surface area contributed by atoms with Crippen molar-refractivity contribution in [1.82, 2.24) is 15.5 Å². The Morgan fingerprint density at radius 2 is 1.68 bits per heavy atom. The fraction of sp³-hybridized carbons (Fsp3) is 0.118. The summed E-state index contributed by atoms with van der Waals surface area (Å²) in [6, 6.07) is 18.2. The van der Waals surface area contributed by atoms with E-state index in [0.717, 1.165) is 5.56 Å². The van der Waals surface area contributed by atoms with E-state index < -0.39 is 6.04 Å². The van der Waals surface area contributed by atoms with Crippen molar-refractivity contribution in [2.24, 2.45) is 0 Å². The van der Waals surface area contributed by atoms with Crippen LogP contribution in [0.4, 0.5) is 0 Å². The highest BCUT2D eigenvalue weighted by Crippen LogP contribution is 2.20. The second-order valence-corrected chi connectivity index (χ2v) is 4.85. The van der Waals surface area contributed by atoms with Gasteiger partial charge < -0.3 is 9.84 Å². The summed E-state index contributed by atoms with van der Waals surface area (Å²) in [6.45, 7) is 1.72. The van der Waals surface area contributed by atoms with E-state index in [9.17, 15) is 4.79 Å². The van der Waals surface area contributed by atoms with Gasteiger partial charge in [0.2, 0.25) is 5.89 Å². The van der Waals surface area contributed by atoms with Crippen LogP contribution in [-0.2, 0) is 0 Å². The van der Waals surface area contributed by atoms with Gasteiger partial charge in [0.15, 0.2) is 5.82 Å². The summed E-state index contributed by atoms with van der Waals surface area (Å²) in [5.74, 6) is 0.717. The minimum absolute atomic E-state index is 0.183. The minimum Gasteiger partial charge on any atom is -0.340 e. The number of carbonyl (C=O) groups is 1. The summed E-state index contributed by atoms with van der Waals surface area (Å²) < 4.78 is 5.04. The van der Waals surface area contributed by atoms with Crippen LogP contribution in [0.3, 0.4) is 0 Å². The highest BCUT2D eigenvalue weighted by Gasteiger charge is 2.22. The van der Waals surface area contributed by atoms with Crippen LogP contribution >= 0.6 is 0 Å². The molecule has 1 unspecified atom stereocenters. The van der Waals surface area contributed by atoms with Crippen molar-refractivity contribution >= 4 is 5.91 Å². The Balaban J connectivity index is 1.91. The lowest BCUT2D eigenvalue weighted by Gasteiger charge is -2.15. The SMILES string of the molecule is Cc1nc(C(NC(=O)c2ccccc2)c2ccccc2)no1. The van der Waals surface area contributed by atoms with Gasteiger partial charge in [-0.2, -0.15) is 4.98 Å². The molecule has 5 heteroatoms. The predicted molar refractivity (Wildman–Crippen MR) is 81.2 cm³/mol. The molecule has 22 heavy (non-hydrogen) atoms. The molecule has 3 rings (SSSR count). The minimum atomic E-state index is -0.452. The summed E-state index contributed by atoms with van der Waals surface area (Å²) >= 11 is 0. The molecule has 0 aliphatic rings. The van der Waals surface area contributed by atoms with Crippen LogP contribution in [0, 0.1) is 6.92 Å². The molecule has 1 aromatic heterocycles. The fourth-order valence-corrected chi connectivity index (χ4v) is 2.18. The molecule has 0 saturated carbocycles. The van der Waals surface area contributed by atoms with Crippen molar-refractivity contribution in [3.05, 3.63) is 83.5 Å². The lowest BCUT2D eigenvalue weighted by atomic mass is 10.1. The van der Waals surface area contributed by atoms with Gasteiger partial charge in [-0.05, 0) is 17.7 Å². The van der Waals surface area contributed by atoms with Crippen molar-refractivity contribution < 1.29 is 9.32 Å². The zero-order valence-electron chi connectivity index (χ0n) is 12.1. The van der Waals surface area contributed by atoms with E-state index in [1.165, 1.54) is 0 Å². The van der Waals surface area contributed by atoms with Gasteiger partial charge in [0.05, 0.1) is 0 Å². The molecular formula is C17H15N3O2. The largest absolute Gasteiger partial charge is 0.340 e. The first-order chi connectivity index (χ1) is 10.7. The van der Waals surface area contributed by atoms with Crippen LogP contribution in [-0.4, -0.2) is 16.0 Å². The highest BCUT2D eigenvalue weighted by molar-refractivity contribution is 5.94. The van der Waals surface area contributed by atoms with E-state index in [0.29, 0.717) is 17.3 Å². The maximum absolute atomic E-state index is 12.4. The molecule has 5 nitrogen and oxygen atoms in total. The number of rotatable bonds is 4. The zero-order valence-corrected chi connectivity index (χ0v) is 12.1. The van der Waals surface area contributed by atoms with Crippen LogP contribution < -0.4 is 5.32 Å². The normalized spacial score (nSPS) is 11.9. The first-order valence-electron chi connectivity index (χ1n) is 6.95. The van der Waals surface area contributed by atoms with Gasteiger partial charge in [0.25, 0.3) is 5.91 Å². The Hall–Kier alpha value is -2.95. The van der Waals surface area contributed by atoms with Gasteiger partial charge in [-0.1, -0.05) is 53.7 Å². The Labute approximate surface area is 128 Å². The molecular weight excluding hydrogens is 278 g/mol. The molecule has 0 aliphatic carbocycles. The third-order valence-corrected chi connectivity index (χ3v) is 3.25. The van der Waals surface area contributed by atoms with E-state index in [-0.39, 0.29) is 5.91 Å². The first-order valence-corrected chi connectivity index (χ1v) is 6.95. The van der Waals surface area contributed by atoms with Crippen LogP contribution in [0.5, 0.6) is 0 Å². The van der Waals surface area contributed by atoms with E-state index in [1.54, 1.807) is 19.1 Å².